The molecule has 1 aromatic carbocycles. The van der Waals surface area contributed by atoms with Crippen LogP contribution in [0.5, 0.6) is 0 Å². The van der Waals surface area contributed by atoms with Crippen LogP contribution in [-0.4, -0.2) is 17.6 Å². The highest BCUT2D eigenvalue weighted by Gasteiger charge is 2.10. The molecule has 5 N–H and O–H groups in total. The molecule has 0 saturated carbocycles. The normalized spacial score (nSPS) is 12.5. The van der Waals surface area contributed by atoms with Gasteiger partial charge in [-0.15, -0.1) is 0 Å². The fraction of sp³-hybridized carbons (Fsp3) is 0.300. The molecule has 0 amide bonds. The van der Waals surface area contributed by atoms with Gasteiger partial charge in [0.15, 0.2) is 0 Å². The number of hydrogen-bond acceptors (Lipinski definition) is 3. The third-order valence-corrected chi connectivity index (χ3v) is 2.18. The van der Waals surface area contributed by atoms with Crippen molar-refractivity contribution in [1.82, 2.24) is 0 Å². The van der Waals surface area contributed by atoms with Crippen molar-refractivity contribution in [2.45, 2.75) is 13.0 Å². The van der Waals surface area contributed by atoms with Gasteiger partial charge in [0.2, 0.25) is 0 Å². The smallest absolute Gasteiger partial charge is 0.335 e. The number of carboxylic acid groups (broad SMARTS) is 1. The van der Waals surface area contributed by atoms with Gasteiger partial charge < -0.3 is 16.6 Å². The zero-order valence-electron chi connectivity index (χ0n) is 8.03. The van der Waals surface area contributed by atoms with E-state index in [4.69, 9.17) is 16.6 Å². The first kappa shape index (κ1) is 10.7. The Balaban J connectivity index is 3.14. The summed E-state index contributed by atoms with van der Waals surface area (Å²) in [6.45, 7) is 2.19. The molecule has 0 heterocycles. The summed E-state index contributed by atoms with van der Waals surface area (Å²) in [7, 11) is 0. The number of rotatable bonds is 3. The molecule has 0 radical (unpaired) electrons. The predicted molar refractivity (Wildman–Crippen MR) is 54.1 cm³/mol. The highest BCUT2D eigenvalue weighted by Crippen LogP contribution is 2.16. The molecule has 0 aromatic heterocycles. The van der Waals surface area contributed by atoms with Crippen LogP contribution in [0, 0.1) is 6.92 Å². The van der Waals surface area contributed by atoms with Crippen molar-refractivity contribution < 1.29 is 9.90 Å². The Bertz CT molecular complexity index is 350. The second-order valence-electron chi connectivity index (χ2n) is 3.22. The zero-order valence-corrected chi connectivity index (χ0v) is 8.03. The Morgan fingerprint density at radius 2 is 2.21 bits per heavy atom. The number of benzene rings is 1. The SMILES string of the molecule is Cc1ccc(C(=O)O)cc1[C@H](N)CN. The number of aryl methyl sites for hydroxylation is 1. The third-order valence-electron chi connectivity index (χ3n) is 2.18. The zero-order chi connectivity index (χ0) is 10.7. The van der Waals surface area contributed by atoms with Gasteiger partial charge in [0.1, 0.15) is 0 Å². The van der Waals surface area contributed by atoms with Gasteiger partial charge in [-0.25, -0.2) is 4.79 Å². The molecular weight excluding hydrogens is 180 g/mol. The Labute approximate surface area is 82.5 Å². The average Bonchev–Trinajstić information content (AvgIpc) is 2.17. The van der Waals surface area contributed by atoms with Crippen LogP contribution in [0.25, 0.3) is 0 Å². The summed E-state index contributed by atoms with van der Waals surface area (Å²) in [5, 5.41) is 8.78. The molecule has 14 heavy (non-hydrogen) atoms. The van der Waals surface area contributed by atoms with Crippen LogP contribution in [-0.2, 0) is 0 Å². The first-order valence-electron chi connectivity index (χ1n) is 4.35. The summed E-state index contributed by atoms with van der Waals surface area (Å²) >= 11 is 0. The van der Waals surface area contributed by atoms with Gasteiger partial charge >= 0.3 is 5.97 Å². The highest BCUT2D eigenvalue weighted by molar-refractivity contribution is 5.87. The van der Waals surface area contributed by atoms with Crippen LogP contribution >= 0.6 is 0 Å². The van der Waals surface area contributed by atoms with Gasteiger partial charge in [-0.05, 0) is 30.2 Å². The Hall–Kier alpha value is -1.39. The number of hydrogen-bond donors (Lipinski definition) is 3. The van der Waals surface area contributed by atoms with Crippen LogP contribution in [0.4, 0.5) is 0 Å². The minimum absolute atomic E-state index is 0.245. The van der Waals surface area contributed by atoms with Gasteiger partial charge in [0.25, 0.3) is 0 Å². The number of aromatic carboxylic acids is 1. The molecule has 4 nitrogen and oxygen atoms in total. The first-order valence-corrected chi connectivity index (χ1v) is 4.35. The fourth-order valence-corrected chi connectivity index (χ4v) is 1.30. The van der Waals surface area contributed by atoms with Crippen molar-refractivity contribution in [3.05, 3.63) is 34.9 Å². The maximum atomic E-state index is 10.7. The second kappa shape index (κ2) is 4.21. The number of carbonyl (C=O) groups is 1. The minimum atomic E-state index is -0.949. The summed E-state index contributed by atoms with van der Waals surface area (Å²) in [6.07, 6.45) is 0. The molecule has 1 aromatic rings. The van der Waals surface area contributed by atoms with Crippen molar-refractivity contribution in [3.63, 3.8) is 0 Å². The van der Waals surface area contributed by atoms with Crippen LogP contribution < -0.4 is 11.5 Å². The minimum Gasteiger partial charge on any atom is -0.478 e. The van der Waals surface area contributed by atoms with Crippen LogP contribution in [0.15, 0.2) is 18.2 Å². The summed E-state index contributed by atoms with van der Waals surface area (Å²) in [5.41, 5.74) is 13.2. The molecule has 0 fully saturated rings. The van der Waals surface area contributed by atoms with Crippen molar-refractivity contribution in [2.24, 2.45) is 11.5 Å². The van der Waals surface area contributed by atoms with E-state index in [1.165, 1.54) is 0 Å². The Morgan fingerprint density at radius 1 is 1.57 bits per heavy atom. The Kier molecular flexibility index (Phi) is 3.22. The van der Waals surface area contributed by atoms with Crippen molar-refractivity contribution in [2.75, 3.05) is 6.54 Å². The monoisotopic (exact) mass is 194 g/mol. The number of nitrogens with two attached hydrogens (primary N) is 2. The molecule has 1 atom stereocenters. The van der Waals surface area contributed by atoms with Crippen molar-refractivity contribution in [3.8, 4) is 0 Å². The largest absolute Gasteiger partial charge is 0.478 e. The molecule has 4 heteroatoms. The topological polar surface area (TPSA) is 89.3 Å². The third kappa shape index (κ3) is 2.10. The molecule has 1 rings (SSSR count). The summed E-state index contributed by atoms with van der Waals surface area (Å²) in [4.78, 5) is 10.7. The van der Waals surface area contributed by atoms with Gasteiger partial charge in [-0.2, -0.15) is 0 Å². The molecular formula is C10H14N2O2. The second-order valence-corrected chi connectivity index (χ2v) is 3.22. The van der Waals surface area contributed by atoms with Crippen molar-refractivity contribution in [1.29, 1.82) is 0 Å². The van der Waals surface area contributed by atoms with E-state index in [-0.39, 0.29) is 11.6 Å². The van der Waals surface area contributed by atoms with E-state index < -0.39 is 5.97 Å². The van der Waals surface area contributed by atoms with E-state index in [2.05, 4.69) is 0 Å². The lowest BCUT2D eigenvalue weighted by Gasteiger charge is -2.12. The van der Waals surface area contributed by atoms with Crippen LogP contribution in [0.2, 0.25) is 0 Å². The molecule has 0 aliphatic carbocycles. The van der Waals surface area contributed by atoms with Gasteiger partial charge in [0, 0.05) is 12.6 Å². The van der Waals surface area contributed by atoms with Gasteiger partial charge in [-0.1, -0.05) is 6.07 Å². The standard InChI is InChI=1S/C10H14N2O2/c1-6-2-3-7(10(13)14)4-8(6)9(12)5-11/h2-4,9H,5,11-12H2,1H3,(H,13,14)/t9-/m1/s1. The van der Waals surface area contributed by atoms with E-state index >= 15 is 0 Å². The van der Waals surface area contributed by atoms with E-state index in [1.54, 1.807) is 18.2 Å². The van der Waals surface area contributed by atoms with Crippen LogP contribution in [0.1, 0.15) is 27.5 Å². The predicted octanol–water partition coefficient (Wildman–Crippen LogP) is 0.652. The van der Waals surface area contributed by atoms with Gasteiger partial charge in [-0.3, -0.25) is 0 Å². The van der Waals surface area contributed by atoms with E-state index in [0.29, 0.717) is 6.54 Å². The molecule has 0 saturated heterocycles. The van der Waals surface area contributed by atoms with E-state index in [1.807, 2.05) is 6.92 Å². The summed E-state index contributed by atoms with van der Waals surface area (Å²) in [5.74, 6) is -0.949. The Morgan fingerprint density at radius 3 is 2.71 bits per heavy atom. The summed E-state index contributed by atoms with van der Waals surface area (Å²) < 4.78 is 0. The van der Waals surface area contributed by atoms with Gasteiger partial charge in [0.05, 0.1) is 5.56 Å². The number of carboxylic acids is 1. The fourth-order valence-electron chi connectivity index (χ4n) is 1.30. The van der Waals surface area contributed by atoms with E-state index in [9.17, 15) is 4.79 Å². The maximum absolute atomic E-state index is 10.7. The molecule has 76 valence electrons. The molecule has 0 spiro atoms. The summed E-state index contributed by atoms with van der Waals surface area (Å²) in [6, 6.07) is 4.59. The maximum Gasteiger partial charge on any atom is 0.335 e. The quantitative estimate of drug-likeness (QED) is 0.659. The first-order chi connectivity index (χ1) is 6.56. The molecule has 0 aliphatic rings. The van der Waals surface area contributed by atoms with E-state index in [0.717, 1.165) is 11.1 Å². The lowest BCUT2D eigenvalue weighted by Crippen LogP contribution is -2.22. The molecule has 0 unspecified atom stereocenters. The van der Waals surface area contributed by atoms with Crippen molar-refractivity contribution >= 4 is 5.97 Å². The molecule has 0 aliphatic heterocycles. The van der Waals surface area contributed by atoms with Crippen LogP contribution in [0.3, 0.4) is 0 Å². The lowest BCUT2D eigenvalue weighted by molar-refractivity contribution is 0.0696. The molecule has 0 bridgehead atoms. The lowest BCUT2D eigenvalue weighted by atomic mass is 9.99. The highest BCUT2D eigenvalue weighted by atomic mass is 16.4. The average molecular weight is 194 g/mol.